The van der Waals surface area contributed by atoms with E-state index in [-0.39, 0.29) is 11.7 Å². The molecule has 4 nitrogen and oxygen atoms in total. The molecule has 1 amide bonds. The number of benzene rings is 1. The molecule has 1 atom stereocenters. The molecule has 2 rings (SSSR count). The highest BCUT2D eigenvalue weighted by Crippen LogP contribution is 2.14. The van der Waals surface area contributed by atoms with Crippen molar-refractivity contribution in [1.82, 2.24) is 10.2 Å². The van der Waals surface area contributed by atoms with Gasteiger partial charge in [-0.1, -0.05) is 30.3 Å². The molecule has 1 aliphatic rings. The van der Waals surface area contributed by atoms with E-state index in [9.17, 15) is 9.59 Å². The first-order valence-electron chi connectivity index (χ1n) is 7.76. The Morgan fingerprint density at radius 2 is 2.05 bits per heavy atom. The number of hydrogen-bond acceptors (Lipinski definition) is 4. The van der Waals surface area contributed by atoms with Crippen LogP contribution in [0.1, 0.15) is 23.2 Å². The third-order valence-corrected chi connectivity index (χ3v) is 4.80. The second kappa shape index (κ2) is 8.96. The van der Waals surface area contributed by atoms with E-state index in [1.54, 1.807) is 0 Å². The molecular weight excluding hydrogens is 296 g/mol. The van der Waals surface area contributed by atoms with Gasteiger partial charge in [-0.05, 0) is 32.4 Å². The minimum Gasteiger partial charge on any atom is -0.355 e. The molecule has 1 fully saturated rings. The first-order valence-corrected chi connectivity index (χ1v) is 8.92. The van der Waals surface area contributed by atoms with Crippen LogP contribution in [0.5, 0.6) is 0 Å². The van der Waals surface area contributed by atoms with Gasteiger partial charge in [0.2, 0.25) is 5.91 Å². The number of thioether (sulfide) groups is 1. The highest BCUT2D eigenvalue weighted by atomic mass is 32.2. The monoisotopic (exact) mass is 320 g/mol. The van der Waals surface area contributed by atoms with E-state index >= 15 is 0 Å². The largest absolute Gasteiger partial charge is 0.355 e. The van der Waals surface area contributed by atoms with Crippen molar-refractivity contribution in [2.45, 2.75) is 12.8 Å². The third-order valence-electron chi connectivity index (χ3n) is 3.87. The minimum atomic E-state index is 0.0269. The summed E-state index contributed by atoms with van der Waals surface area (Å²) in [5.41, 5.74) is 0.709. The molecule has 1 saturated heterocycles. The van der Waals surface area contributed by atoms with Gasteiger partial charge in [-0.15, -0.1) is 11.8 Å². The Kier molecular flexibility index (Phi) is 6.93. The number of piperidine rings is 1. The topological polar surface area (TPSA) is 49.4 Å². The number of likely N-dealkylation sites (tertiary alicyclic amines) is 1. The Balaban J connectivity index is 1.60. The van der Waals surface area contributed by atoms with Crippen LogP contribution in [0.3, 0.4) is 0 Å². The summed E-state index contributed by atoms with van der Waals surface area (Å²) >= 11 is 1.38. The molecule has 1 N–H and O–H groups in total. The molecule has 1 aromatic rings. The third kappa shape index (κ3) is 5.81. The molecule has 1 aromatic carbocycles. The lowest BCUT2D eigenvalue weighted by Gasteiger charge is -2.29. The zero-order valence-electron chi connectivity index (χ0n) is 13.1. The van der Waals surface area contributed by atoms with Crippen molar-refractivity contribution >= 4 is 23.5 Å². The van der Waals surface area contributed by atoms with Crippen LogP contribution in [-0.2, 0) is 4.79 Å². The summed E-state index contributed by atoms with van der Waals surface area (Å²) in [6.45, 7) is 2.96. The number of nitrogens with zero attached hydrogens (tertiary/aromatic N) is 1. The fraction of sp³-hybridized carbons (Fsp3) is 0.529. The summed E-state index contributed by atoms with van der Waals surface area (Å²) in [7, 11) is 2.12. The maximum Gasteiger partial charge on any atom is 0.230 e. The van der Waals surface area contributed by atoms with Crippen LogP contribution in [-0.4, -0.2) is 54.8 Å². The summed E-state index contributed by atoms with van der Waals surface area (Å²) in [4.78, 5) is 26.1. The average Bonchev–Trinajstić information content (AvgIpc) is 2.54. The number of ketones is 1. The Hall–Kier alpha value is -1.33. The Bertz CT molecular complexity index is 493. The first-order chi connectivity index (χ1) is 10.6. The summed E-state index contributed by atoms with van der Waals surface area (Å²) in [6.07, 6.45) is 2.39. The van der Waals surface area contributed by atoms with Crippen molar-refractivity contribution in [3.63, 3.8) is 0 Å². The van der Waals surface area contributed by atoms with E-state index in [0.717, 1.165) is 19.6 Å². The normalized spacial score (nSPS) is 18.9. The molecule has 5 heteroatoms. The molecule has 1 aliphatic heterocycles. The van der Waals surface area contributed by atoms with Gasteiger partial charge < -0.3 is 10.2 Å². The van der Waals surface area contributed by atoms with Gasteiger partial charge in [0.05, 0.1) is 11.5 Å². The van der Waals surface area contributed by atoms with Gasteiger partial charge in [0, 0.05) is 18.7 Å². The maximum atomic E-state index is 11.9. The molecular formula is C17H24N2O2S. The van der Waals surface area contributed by atoms with E-state index in [2.05, 4.69) is 17.3 Å². The molecule has 120 valence electrons. The van der Waals surface area contributed by atoms with Gasteiger partial charge in [0.25, 0.3) is 0 Å². The molecule has 0 spiro atoms. The van der Waals surface area contributed by atoms with E-state index in [0.29, 0.717) is 23.0 Å². The van der Waals surface area contributed by atoms with E-state index in [4.69, 9.17) is 0 Å². The highest BCUT2D eigenvalue weighted by molar-refractivity contribution is 8.00. The Morgan fingerprint density at radius 3 is 2.77 bits per heavy atom. The molecule has 0 aromatic heterocycles. The van der Waals surface area contributed by atoms with Gasteiger partial charge in [0.1, 0.15) is 0 Å². The second-order valence-corrected chi connectivity index (χ2v) is 6.84. The predicted octanol–water partition coefficient (Wildman–Crippen LogP) is 2.06. The zero-order chi connectivity index (χ0) is 15.8. The summed E-state index contributed by atoms with van der Waals surface area (Å²) in [5.74, 6) is 1.36. The number of amides is 1. The van der Waals surface area contributed by atoms with Gasteiger partial charge >= 0.3 is 0 Å². The number of hydrogen-bond donors (Lipinski definition) is 1. The van der Waals surface area contributed by atoms with Crippen LogP contribution in [0.25, 0.3) is 0 Å². The Morgan fingerprint density at radius 1 is 1.27 bits per heavy atom. The molecule has 0 saturated carbocycles. The smallest absolute Gasteiger partial charge is 0.230 e. The van der Waals surface area contributed by atoms with Crippen molar-refractivity contribution in [1.29, 1.82) is 0 Å². The number of rotatable bonds is 7. The van der Waals surface area contributed by atoms with E-state index < -0.39 is 0 Å². The number of carbonyl (C=O) groups excluding carboxylic acids is 2. The van der Waals surface area contributed by atoms with E-state index in [1.165, 1.54) is 24.6 Å². The second-order valence-electron chi connectivity index (χ2n) is 5.86. The summed E-state index contributed by atoms with van der Waals surface area (Å²) in [5, 5.41) is 2.99. The van der Waals surface area contributed by atoms with Crippen LogP contribution >= 0.6 is 11.8 Å². The van der Waals surface area contributed by atoms with Crippen molar-refractivity contribution in [3.8, 4) is 0 Å². The van der Waals surface area contributed by atoms with Crippen LogP contribution in [0.2, 0.25) is 0 Å². The fourth-order valence-corrected chi connectivity index (χ4v) is 3.43. The average molecular weight is 320 g/mol. The van der Waals surface area contributed by atoms with Crippen LogP contribution in [0, 0.1) is 5.92 Å². The van der Waals surface area contributed by atoms with Crippen LogP contribution < -0.4 is 5.32 Å². The summed E-state index contributed by atoms with van der Waals surface area (Å²) < 4.78 is 0. The zero-order valence-corrected chi connectivity index (χ0v) is 13.9. The van der Waals surface area contributed by atoms with Gasteiger partial charge in [0.15, 0.2) is 5.78 Å². The molecule has 22 heavy (non-hydrogen) atoms. The quantitative estimate of drug-likeness (QED) is 0.781. The van der Waals surface area contributed by atoms with Crippen molar-refractivity contribution < 1.29 is 9.59 Å². The molecule has 0 aliphatic carbocycles. The summed E-state index contributed by atoms with van der Waals surface area (Å²) in [6, 6.07) is 9.21. The van der Waals surface area contributed by atoms with Gasteiger partial charge in [-0.25, -0.2) is 0 Å². The predicted molar refractivity (Wildman–Crippen MR) is 91.3 cm³/mol. The Labute approximate surface area is 136 Å². The SMILES string of the molecule is CN1CCC[C@@H](CNC(=O)CSCC(=O)c2ccccc2)C1. The lowest BCUT2D eigenvalue weighted by Crippen LogP contribution is -2.39. The highest BCUT2D eigenvalue weighted by Gasteiger charge is 2.17. The first kappa shape index (κ1) is 17.0. The van der Waals surface area contributed by atoms with Crippen LogP contribution in [0.15, 0.2) is 30.3 Å². The molecule has 0 bridgehead atoms. The lowest BCUT2D eigenvalue weighted by atomic mass is 9.98. The fourth-order valence-electron chi connectivity index (χ4n) is 2.69. The molecule has 0 radical (unpaired) electrons. The maximum absolute atomic E-state index is 11.9. The molecule has 0 unspecified atom stereocenters. The van der Waals surface area contributed by atoms with Crippen molar-refractivity contribution in [2.24, 2.45) is 5.92 Å². The number of carbonyl (C=O) groups is 2. The number of nitrogens with one attached hydrogen (secondary N) is 1. The van der Waals surface area contributed by atoms with E-state index in [1.807, 2.05) is 30.3 Å². The van der Waals surface area contributed by atoms with Gasteiger partial charge in [-0.3, -0.25) is 9.59 Å². The van der Waals surface area contributed by atoms with Gasteiger partial charge in [-0.2, -0.15) is 0 Å². The molecule has 1 heterocycles. The minimum absolute atomic E-state index is 0.0269. The lowest BCUT2D eigenvalue weighted by molar-refractivity contribution is -0.118. The standard InChI is InChI=1S/C17H24N2O2S/c1-19-9-5-6-14(11-19)10-18-17(21)13-22-12-16(20)15-7-3-2-4-8-15/h2-4,7-8,14H,5-6,9-13H2,1H3,(H,18,21)/t14-/m0/s1. The van der Waals surface area contributed by atoms with Crippen molar-refractivity contribution in [2.75, 3.05) is 38.2 Å². The van der Waals surface area contributed by atoms with Crippen LogP contribution in [0.4, 0.5) is 0 Å². The van der Waals surface area contributed by atoms with Crippen molar-refractivity contribution in [3.05, 3.63) is 35.9 Å². The number of Topliss-reactive ketones (excluding diaryl/α,β-unsaturated/α-hetero) is 1.